The van der Waals surface area contributed by atoms with Crippen molar-refractivity contribution < 1.29 is 14.6 Å². The van der Waals surface area contributed by atoms with Crippen molar-refractivity contribution in [2.24, 2.45) is 0 Å². The van der Waals surface area contributed by atoms with E-state index in [9.17, 15) is 9.90 Å². The van der Waals surface area contributed by atoms with Crippen LogP contribution in [0.3, 0.4) is 0 Å². The Morgan fingerprint density at radius 2 is 2.15 bits per heavy atom. The van der Waals surface area contributed by atoms with Crippen LogP contribution >= 0.6 is 0 Å². The van der Waals surface area contributed by atoms with E-state index in [-0.39, 0.29) is 11.4 Å². The third-order valence-electron chi connectivity index (χ3n) is 3.37. The SMILES string of the molecule is CC(Oc1cccc2c1CCC2O)C(=O)NC(C)(C)C. The number of amides is 1. The highest BCUT2D eigenvalue weighted by atomic mass is 16.5. The lowest BCUT2D eigenvalue weighted by Gasteiger charge is -2.24. The molecule has 4 heteroatoms. The van der Waals surface area contributed by atoms with Gasteiger partial charge in [-0.25, -0.2) is 0 Å². The van der Waals surface area contributed by atoms with Crippen LogP contribution in [0.2, 0.25) is 0 Å². The van der Waals surface area contributed by atoms with E-state index >= 15 is 0 Å². The van der Waals surface area contributed by atoms with Crippen molar-refractivity contribution in [2.75, 3.05) is 0 Å². The summed E-state index contributed by atoms with van der Waals surface area (Å²) in [5, 5.41) is 12.8. The average Bonchev–Trinajstić information content (AvgIpc) is 2.70. The Hall–Kier alpha value is -1.55. The molecule has 0 heterocycles. The van der Waals surface area contributed by atoms with Crippen LogP contribution < -0.4 is 10.1 Å². The zero-order valence-electron chi connectivity index (χ0n) is 12.6. The standard InChI is InChI=1S/C16H23NO3/c1-10(15(19)17-16(2,3)4)20-14-7-5-6-11-12(14)8-9-13(11)18/h5-7,10,13,18H,8-9H2,1-4H3,(H,17,19). The monoisotopic (exact) mass is 277 g/mol. The van der Waals surface area contributed by atoms with Crippen molar-refractivity contribution in [1.82, 2.24) is 5.32 Å². The molecule has 2 N–H and O–H groups in total. The lowest BCUT2D eigenvalue weighted by molar-refractivity contribution is -0.128. The first-order valence-electron chi connectivity index (χ1n) is 7.06. The summed E-state index contributed by atoms with van der Waals surface area (Å²) >= 11 is 0. The van der Waals surface area contributed by atoms with Gasteiger partial charge in [0.2, 0.25) is 0 Å². The van der Waals surface area contributed by atoms with Gasteiger partial charge in [0.1, 0.15) is 5.75 Å². The van der Waals surface area contributed by atoms with Crippen molar-refractivity contribution >= 4 is 5.91 Å². The van der Waals surface area contributed by atoms with Gasteiger partial charge in [-0.1, -0.05) is 12.1 Å². The molecular weight excluding hydrogens is 254 g/mol. The molecule has 0 saturated carbocycles. The predicted molar refractivity (Wildman–Crippen MR) is 77.7 cm³/mol. The van der Waals surface area contributed by atoms with Crippen molar-refractivity contribution in [3.8, 4) is 5.75 Å². The molecule has 2 rings (SSSR count). The number of hydrogen-bond acceptors (Lipinski definition) is 3. The lowest BCUT2D eigenvalue weighted by atomic mass is 10.1. The van der Waals surface area contributed by atoms with E-state index in [1.54, 1.807) is 6.92 Å². The third-order valence-corrected chi connectivity index (χ3v) is 3.37. The number of benzene rings is 1. The second-order valence-electron chi connectivity index (χ2n) is 6.38. The van der Waals surface area contributed by atoms with Gasteiger partial charge in [0, 0.05) is 11.1 Å². The van der Waals surface area contributed by atoms with Crippen LogP contribution in [0.1, 0.15) is 51.3 Å². The Kier molecular flexibility index (Phi) is 4.04. The summed E-state index contributed by atoms with van der Waals surface area (Å²) in [6.45, 7) is 7.56. The normalized spacial score (nSPS) is 19.4. The quantitative estimate of drug-likeness (QED) is 0.891. The highest BCUT2D eigenvalue weighted by Gasteiger charge is 2.26. The molecule has 20 heavy (non-hydrogen) atoms. The van der Waals surface area contributed by atoms with Gasteiger partial charge in [-0.3, -0.25) is 4.79 Å². The van der Waals surface area contributed by atoms with E-state index < -0.39 is 12.2 Å². The van der Waals surface area contributed by atoms with Crippen LogP contribution in [0.25, 0.3) is 0 Å². The molecule has 0 radical (unpaired) electrons. The largest absolute Gasteiger partial charge is 0.481 e. The van der Waals surface area contributed by atoms with Crippen molar-refractivity contribution in [3.05, 3.63) is 29.3 Å². The number of carbonyl (C=O) groups excluding carboxylic acids is 1. The maximum Gasteiger partial charge on any atom is 0.261 e. The molecule has 110 valence electrons. The summed E-state index contributed by atoms with van der Waals surface area (Å²) in [7, 11) is 0. The maximum absolute atomic E-state index is 12.0. The van der Waals surface area contributed by atoms with E-state index in [2.05, 4.69) is 5.32 Å². The molecule has 0 bridgehead atoms. The Labute approximate surface area is 120 Å². The molecule has 1 amide bonds. The molecule has 2 atom stereocenters. The Balaban J connectivity index is 2.09. The first kappa shape index (κ1) is 14.9. The molecule has 1 aliphatic rings. The van der Waals surface area contributed by atoms with E-state index in [4.69, 9.17) is 4.74 Å². The molecule has 4 nitrogen and oxygen atoms in total. The van der Waals surface area contributed by atoms with Gasteiger partial charge in [-0.2, -0.15) is 0 Å². The molecule has 1 aromatic rings. The van der Waals surface area contributed by atoms with Crippen LogP contribution in [0.5, 0.6) is 5.75 Å². The summed E-state index contributed by atoms with van der Waals surface area (Å²) in [4.78, 5) is 12.0. The molecule has 0 fully saturated rings. The van der Waals surface area contributed by atoms with Gasteiger partial charge in [0.25, 0.3) is 5.91 Å². The van der Waals surface area contributed by atoms with Crippen molar-refractivity contribution in [2.45, 2.75) is 58.3 Å². The second kappa shape index (κ2) is 5.44. The van der Waals surface area contributed by atoms with E-state index in [0.717, 1.165) is 24.0 Å². The van der Waals surface area contributed by atoms with Crippen LogP contribution in [-0.2, 0) is 11.2 Å². The Morgan fingerprint density at radius 3 is 2.80 bits per heavy atom. The fourth-order valence-corrected chi connectivity index (χ4v) is 2.42. The minimum Gasteiger partial charge on any atom is -0.481 e. The summed E-state index contributed by atoms with van der Waals surface area (Å²) < 4.78 is 5.79. The maximum atomic E-state index is 12.0. The third kappa shape index (κ3) is 3.31. The number of rotatable bonds is 3. The molecule has 1 aliphatic carbocycles. The highest BCUT2D eigenvalue weighted by Crippen LogP contribution is 2.37. The van der Waals surface area contributed by atoms with Gasteiger partial charge < -0.3 is 15.2 Å². The topological polar surface area (TPSA) is 58.6 Å². The summed E-state index contributed by atoms with van der Waals surface area (Å²) in [5.74, 6) is 0.573. The smallest absolute Gasteiger partial charge is 0.261 e. The predicted octanol–water partition coefficient (Wildman–Crippen LogP) is 2.35. The first-order chi connectivity index (χ1) is 9.28. The number of fused-ring (bicyclic) bond motifs is 1. The lowest BCUT2D eigenvalue weighted by Crippen LogP contribution is -2.46. The average molecular weight is 277 g/mol. The number of carbonyl (C=O) groups is 1. The van der Waals surface area contributed by atoms with Crippen LogP contribution in [-0.4, -0.2) is 22.7 Å². The minimum atomic E-state index is -0.557. The van der Waals surface area contributed by atoms with Gasteiger partial charge in [0.05, 0.1) is 6.10 Å². The van der Waals surface area contributed by atoms with Crippen LogP contribution in [0, 0.1) is 0 Å². The summed E-state index contributed by atoms with van der Waals surface area (Å²) in [5.41, 5.74) is 1.67. The molecular formula is C16H23NO3. The number of ether oxygens (including phenoxy) is 1. The van der Waals surface area contributed by atoms with E-state index in [1.807, 2.05) is 39.0 Å². The minimum absolute atomic E-state index is 0.131. The summed E-state index contributed by atoms with van der Waals surface area (Å²) in [6.07, 6.45) is 0.546. The van der Waals surface area contributed by atoms with Crippen LogP contribution in [0.15, 0.2) is 18.2 Å². The molecule has 0 aliphatic heterocycles. The zero-order valence-corrected chi connectivity index (χ0v) is 12.6. The van der Waals surface area contributed by atoms with E-state index in [0.29, 0.717) is 5.75 Å². The second-order valence-corrected chi connectivity index (χ2v) is 6.38. The number of aliphatic hydroxyl groups excluding tert-OH is 1. The van der Waals surface area contributed by atoms with Gasteiger partial charge in [-0.05, 0) is 52.2 Å². The molecule has 2 unspecified atom stereocenters. The van der Waals surface area contributed by atoms with Gasteiger partial charge in [0.15, 0.2) is 6.10 Å². The van der Waals surface area contributed by atoms with E-state index in [1.165, 1.54) is 0 Å². The summed E-state index contributed by atoms with van der Waals surface area (Å²) in [6, 6.07) is 5.63. The highest BCUT2D eigenvalue weighted by molar-refractivity contribution is 5.81. The fourth-order valence-electron chi connectivity index (χ4n) is 2.42. The first-order valence-corrected chi connectivity index (χ1v) is 7.06. The fraction of sp³-hybridized carbons (Fsp3) is 0.562. The Bertz CT molecular complexity index is 505. The van der Waals surface area contributed by atoms with Gasteiger partial charge in [-0.15, -0.1) is 0 Å². The van der Waals surface area contributed by atoms with Crippen molar-refractivity contribution in [3.63, 3.8) is 0 Å². The molecule has 1 aromatic carbocycles. The van der Waals surface area contributed by atoms with Crippen LogP contribution in [0.4, 0.5) is 0 Å². The number of hydrogen-bond donors (Lipinski definition) is 2. The molecule has 0 saturated heterocycles. The molecule has 0 aromatic heterocycles. The van der Waals surface area contributed by atoms with Crippen molar-refractivity contribution in [1.29, 1.82) is 0 Å². The van der Waals surface area contributed by atoms with Gasteiger partial charge >= 0.3 is 0 Å². The number of aliphatic hydroxyl groups is 1. The Morgan fingerprint density at radius 1 is 1.45 bits per heavy atom. The zero-order chi connectivity index (χ0) is 14.9. The number of nitrogens with one attached hydrogen (secondary N) is 1. The molecule has 0 spiro atoms.